The molecule has 4 rings (SSSR count). The van der Waals surface area contributed by atoms with Gasteiger partial charge in [0.05, 0.1) is 4.47 Å². The first kappa shape index (κ1) is 13.5. The molecule has 2 fully saturated rings. The van der Waals surface area contributed by atoms with Crippen molar-refractivity contribution in [1.82, 2.24) is 19.6 Å². The molecule has 0 N–H and O–H groups in total. The van der Waals surface area contributed by atoms with Crippen molar-refractivity contribution in [2.24, 2.45) is 5.41 Å². The van der Waals surface area contributed by atoms with Gasteiger partial charge in [0.25, 0.3) is 0 Å². The predicted octanol–water partition coefficient (Wildman–Crippen LogP) is 3.44. The van der Waals surface area contributed by atoms with E-state index in [1.165, 1.54) is 44.9 Å². The van der Waals surface area contributed by atoms with Gasteiger partial charge in [-0.15, -0.1) is 10.2 Å². The van der Waals surface area contributed by atoms with Gasteiger partial charge >= 0.3 is 0 Å². The van der Waals surface area contributed by atoms with Gasteiger partial charge in [-0.25, -0.2) is 9.38 Å². The summed E-state index contributed by atoms with van der Waals surface area (Å²) in [6.07, 6.45) is 13.3. The molecule has 3 heterocycles. The molecule has 1 aliphatic carbocycles. The van der Waals surface area contributed by atoms with Crippen molar-refractivity contribution in [1.29, 1.82) is 0 Å². The maximum Gasteiger partial charge on any atom is 0.212 e. The highest BCUT2D eigenvalue weighted by molar-refractivity contribution is 9.10. The summed E-state index contributed by atoms with van der Waals surface area (Å²) in [7, 11) is 0. The van der Waals surface area contributed by atoms with Gasteiger partial charge in [0.15, 0.2) is 5.65 Å². The molecule has 1 saturated carbocycles. The predicted molar refractivity (Wildman–Crippen MR) is 85.4 cm³/mol. The van der Waals surface area contributed by atoms with Gasteiger partial charge < -0.3 is 4.90 Å². The second kappa shape index (κ2) is 5.23. The fourth-order valence-electron chi connectivity index (χ4n) is 4.00. The Labute approximate surface area is 132 Å². The average molecular weight is 350 g/mol. The molecule has 1 aliphatic heterocycles. The number of hydrogen-bond acceptors (Lipinski definition) is 4. The van der Waals surface area contributed by atoms with E-state index in [1.54, 1.807) is 6.33 Å². The summed E-state index contributed by atoms with van der Waals surface area (Å²) in [5.74, 6) is 0.976. The van der Waals surface area contributed by atoms with Crippen molar-refractivity contribution >= 4 is 27.5 Å². The molecule has 5 nitrogen and oxygen atoms in total. The standard InChI is InChI=1S/C15H20BrN5/c16-12-10-17-14(21-11-18-19-13(12)21)20-8-6-15(7-9-20)4-2-1-3-5-15/h10-11H,1-9H2. The molecule has 6 heteroatoms. The van der Waals surface area contributed by atoms with E-state index in [0.717, 1.165) is 29.2 Å². The van der Waals surface area contributed by atoms with Crippen LogP contribution < -0.4 is 4.90 Å². The molecule has 1 spiro atoms. The Morgan fingerprint density at radius 1 is 1.05 bits per heavy atom. The third-order valence-electron chi connectivity index (χ3n) is 5.29. The molecular weight excluding hydrogens is 330 g/mol. The Bertz CT molecular complexity index is 637. The fourth-order valence-corrected chi connectivity index (χ4v) is 4.37. The maximum absolute atomic E-state index is 4.60. The normalized spacial score (nSPS) is 22.0. The number of piperidine rings is 1. The summed E-state index contributed by atoms with van der Waals surface area (Å²) in [5, 5.41) is 8.17. The monoisotopic (exact) mass is 349 g/mol. The lowest BCUT2D eigenvalue weighted by Gasteiger charge is -2.44. The molecule has 21 heavy (non-hydrogen) atoms. The highest BCUT2D eigenvalue weighted by Gasteiger charge is 2.36. The Kier molecular flexibility index (Phi) is 3.36. The minimum absolute atomic E-state index is 0.621. The van der Waals surface area contributed by atoms with E-state index in [-0.39, 0.29) is 0 Å². The Morgan fingerprint density at radius 2 is 1.81 bits per heavy atom. The third kappa shape index (κ3) is 2.33. The number of nitrogens with zero attached hydrogens (tertiary/aromatic N) is 5. The van der Waals surface area contributed by atoms with Crippen molar-refractivity contribution in [2.45, 2.75) is 44.9 Å². The lowest BCUT2D eigenvalue weighted by Crippen LogP contribution is -2.42. The van der Waals surface area contributed by atoms with E-state index in [9.17, 15) is 0 Å². The first-order valence-electron chi connectivity index (χ1n) is 7.87. The van der Waals surface area contributed by atoms with Crippen molar-refractivity contribution in [3.63, 3.8) is 0 Å². The zero-order valence-electron chi connectivity index (χ0n) is 12.1. The van der Waals surface area contributed by atoms with E-state index >= 15 is 0 Å². The average Bonchev–Trinajstić information content (AvgIpc) is 3.00. The largest absolute Gasteiger partial charge is 0.342 e. The zero-order chi connectivity index (χ0) is 14.3. The summed E-state index contributed by atoms with van der Waals surface area (Å²) in [6.45, 7) is 2.20. The highest BCUT2D eigenvalue weighted by atomic mass is 79.9. The number of rotatable bonds is 1. The highest BCUT2D eigenvalue weighted by Crippen LogP contribution is 2.44. The smallest absolute Gasteiger partial charge is 0.212 e. The molecular formula is C15H20BrN5. The minimum atomic E-state index is 0.621. The van der Waals surface area contributed by atoms with Crippen LogP contribution in [0.5, 0.6) is 0 Å². The molecule has 112 valence electrons. The van der Waals surface area contributed by atoms with Crippen LogP contribution in [0, 0.1) is 5.41 Å². The van der Waals surface area contributed by atoms with Crippen molar-refractivity contribution in [2.75, 3.05) is 18.0 Å². The Balaban J connectivity index is 1.57. The van der Waals surface area contributed by atoms with Crippen LogP contribution in [0.1, 0.15) is 44.9 Å². The van der Waals surface area contributed by atoms with Crippen LogP contribution in [0.4, 0.5) is 5.95 Å². The van der Waals surface area contributed by atoms with E-state index in [4.69, 9.17) is 0 Å². The zero-order valence-corrected chi connectivity index (χ0v) is 13.7. The molecule has 2 aromatic rings. The van der Waals surface area contributed by atoms with Crippen LogP contribution in [0.15, 0.2) is 17.0 Å². The second-order valence-corrected chi connectivity index (χ2v) is 7.33. The number of hydrogen-bond donors (Lipinski definition) is 0. The molecule has 1 saturated heterocycles. The van der Waals surface area contributed by atoms with Crippen LogP contribution >= 0.6 is 15.9 Å². The first-order chi connectivity index (χ1) is 10.3. The first-order valence-corrected chi connectivity index (χ1v) is 8.66. The van der Waals surface area contributed by atoms with Crippen LogP contribution in [0.3, 0.4) is 0 Å². The molecule has 0 atom stereocenters. The summed E-state index contributed by atoms with van der Waals surface area (Å²) in [5.41, 5.74) is 1.47. The van der Waals surface area contributed by atoms with Crippen LogP contribution in [-0.4, -0.2) is 32.7 Å². The van der Waals surface area contributed by atoms with Gasteiger partial charge in [-0.05, 0) is 47.0 Å². The Morgan fingerprint density at radius 3 is 2.57 bits per heavy atom. The van der Waals surface area contributed by atoms with Gasteiger partial charge in [-0.2, -0.15) is 0 Å². The van der Waals surface area contributed by atoms with E-state index < -0.39 is 0 Å². The van der Waals surface area contributed by atoms with Crippen LogP contribution in [0.2, 0.25) is 0 Å². The van der Waals surface area contributed by atoms with Gasteiger partial charge in [0, 0.05) is 19.3 Å². The lowest BCUT2D eigenvalue weighted by molar-refractivity contribution is 0.143. The van der Waals surface area contributed by atoms with Gasteiger partial charge in [-0.3, -0.25) is 0 Å². The minimum Gasteiger partial charge on any atom is -0.342 e. The van der Waals surface area contributed by atoms with Gasteiger partial charge in [-0.1, -0.05) is 19.3 Å². The van der Waals surface area contributed by atoms with Crippen molar-refractivity contribution in [3.8, 4) is 0 Å². The number of halogens is 1. The number of fused-ring (bicyclic) bond motifs is 1. The van der Waals surface area contributed by atoms with Gasteiger partial charge in [0.2, 0.25) is 5.95 Å². The summed E-state index contributed by atoms with van der Waals surface area (Å²) < 4.78 is 2.88. The van der Waals surface area contributed by atoms with Gasteiger partial charge in [0.1, 0.15) is 6.33 Å². The van der Waals surface area contributed by atoms with E-state index in [0.29, 0.717) is 5.41 Å². The van der Waals surface area contributed by atoms with Crippen LogP contribution in [-0.2, 0) is 0 Å². The number of anilines is 1. The summed E-state index contributed by atoms with van der Waals surface area (Å²) >= 11 is 3.49. The summed E-state index contributed by atoms with van der Waals surface area (Å²) in [4.78, 5) is 6.99. The molecule has 0 amide bonds. The molecule has 0 bridgehead atoms. The third-order valence-corrected chi connectivity index (χ3v) is 5.85. The van der Waals surface area contributed by atoms with E-state index in [2.05, 4.69) is 36.0 Å². The Hall–Kier alpha value is -1.17. The van der Waals surface area contributed by atoms with Crippen LogP contribution in [0.25, 0.3) is 5.65 Å². The molecule has 2 aliphatic rings. The molecule has 0 radical (unpaired) electrons. The summed E-state index contributed by atoms with van der Waals surface area (Å²) in [6, 6.07) is 0. The van der Waals surface area contributed by atoms with Crippen molar-refractivity contribution in [3.05, 3.63) is 17.0 Å². The fraction of sp³-hybridized carbons (Fsp3) is 0.667. The maximum atomic E-state index is 4.60. The van der Waals surface area contributed by atoms with E-state index in [1.807, 2.05) is 10.6 Å². The second-order valence-electron chi connectivity index (χ2n) is 6.48. The lowest BCUT2D eigenvalue weighted by atomic mass is 9.68. The molecule has 0 unspecified atom stereocenters. The number of aromatic nitrogens is 4. The van der Waals surface area contributed by atoms with Crippen molar-refractivity contribution < 1.29 is 0 Å². The SMILES string of the molecule is Brc1cnc(N2CCC3(CCCCC3)CC2)n2cnnc12. The molecule has 2 aromatic heterocycles. The quantitative estimate of drug-likeness (QED) is 0.791. The molecule has 0 aromatic carbocycles. The topological polar surface area (TPSA) is 46.3 Å².